The summed E-state index contributed by atoms with van der Waals surface area (Å²) in [6.45, 7) is 5.38. The van der Waals surface area contributed by atoms with E-state index in [2.05, 4.69) is 17.3 Å². The van der Waals surface area contributed by atoms with Crippen LogP contribution in [0.2, 0.25) is 0 Å². The standard InChI is InChI=1S/C16H21NO3/c1-16(2,3)19-15(18)20-17-14-10-9-13(14)11-12-7-5-4-6-8-12/h4-8,13H,9-11H2,1-3H3/b17-14+. The van der Waals surface area contributed by atoms with E-state index in [0.29, 0.717) is 5.92 Å². The molecule has 1 aromatic carbocycles. The Hall–Kier alpha value is -1.84. The average Bonchev–Trinajstić information content (AvgIpc) is 2.34. The SMILES string of the molecule is CC(C)(C)OC(=O)O/N=C1\CCC1Cc1ccccc1. The van der Waals surface area contributed by atoms with Crippen LogP contribution in [-0.2, 0) is 16.0 Å². The van der Waals surface area contributed by atoms with Gasteiger partial charge in [-0.25, -0.2) is 4.79 Å². The molecule has 0 amide bonds. The predicted molar refractivity (Wildman–Crippen MR) is 77.6 cm³/mol. The highest BCUT2D eigenvalue weighted by Gasteiger charge is 2.27. The minimum atomic E-state index is -0.740. The fourth-order valence-corrected chi connectivity index (χ4v) is 2.08. The molecule has 4 heteroatoms. The molecule has 20 heavy (non-hydrogen) atoms. The summed E-state index contributed by atoms with van der Waals surface area (Å²) < 4.78 is 5.04. The zero-order valence-electron chi connectivity index (χ0n) is 12.3. The second-order valence-electron chi connectivity index (χ2n) is 6.06. The molecular weight excluding hydrogens is 254 g/mol. The number of benzene rings is 1. The second-order valence-corrected chi connectivity index (χ2v) is 6.06. The molecule has 1 atom stereocenters. The van der Waals surface area contributed by atoms with Crippen molar-refractivity contribution in [2.45, 2.75) is 45.6 Å². The fraction of sp³-hybridized carbons (Fsp3) is 0.500. The molecule has 1 aliphatic carbocycles. The molecule has 0 bridgehead atoms. The molecule has 1 unspecified atom stereocenters. The normalized spacial score (nSPS) is 20.4. The number of rotatable bonds is 3. The van der Waals surface area contributed by atoms with Gasteiger partial charge < -0.3 is 4.74 Å². The van der Waals surface area contributed by atoms with Crippen LogP contribution in [0.4, 0.5) is 4.79 Å². The lowest BCUT2D eigenvalue weighted by Gasteiger charge is -2.27. The fourth-order valence-electron chi connectivity index (χ4n) is 2.08. The highest BCUT2D eigenvalue weighted by atomic mass is 16.8. The minimum absolute atomic E-state index is 0.375. The molecule has 0 saturated heterocycles. The van der Waals surface area contributed by atoms with Crippen LogP contribution in [0.15, 0.2) is 35.5 Å². The summed E-state index contributed by atoms with van der Waals surface area (Å²) in [6.07, 6.45) is 2.18. The first-order valence-corrected chi connectivity index (χ1v) is 6.95. The molecule has 0 spiro atoms. The van der Waals surface area contributed by atoms with E-state index < -0.39 is 11.8 Å². The van der Waals surface area contributed by atoms with Crippen molar-refractivity contribution in [1.82, 2.24) is 0 Å². The molecule has 1 saturated carbocycles. The summed E-state index contributed by atoms with van der Waals surface area (Å²) in [7, 11) is 0. The molecular formula is C16H21NO3. The van der Waals surface area contributed by atoms with Crippen molar-refractivity contribution in [3.63, 3.8) is 0 Å². The lowest BCUT2D eigenvalue weighted by molar-refractivity contribution is -0.00683. The van der Waals surface area contributed by atoms with E-state index in [1.54, 1.807) is 20.8 Å². The molecule has 2 rings (SSSR count). The zero-order chi connectivity index (χ0) is 14.6. The number of carbonyl (C=O) groups excluding carboxylic acids is 1. The Bertz CT molecular complexity index is 488. The summed E-state index contributed by atoms with van der Waals surface area (Å²) in [4.78, 5) is 16.2. The molecule has 4 nitrogen and oxygen atoms in total. The number of hydrogen-bond acceptors (Lipinski definition) is 4. The van der Waals surface area contributed by atoms with E-state index in [9.17, 15) is 4.79 Å². The number of carbonyl (C=O) groups is 1. The molecule has 1 aliphatic rings. The van der Waals surface area contributed by atoms with Crippen molar-refractivity contribution < 1.29 is 14.4 Å². The van der Waals surface area contributed by atoms with Crippen molar-refractivity contribution in [2.24, 2.45) is 11.1 Å². The third-order valence-corrected chi connectivity index (χ3v) is 3.17. The molecule has 0 aromatic heterocycles. The molecule has 0 heterocycles. The van der Waals surface area contributed by atoms with Gasteiger partial charge in [0, 0.05) is 5.92 Å². The Balaban J connectivity index is 1.84. The number of oxime groups is 1. The van der Waals surface area contributed by atoms with Crippen molar-refractivity contribution in [1.29, 1.82) is 0 Å². The van der Waals surface area contributed by atoms with E-state index in [0.717, 1.165) is 25.0 Å². The highest BCUT2D eigenvalue weighted by molar-refractivity contribution is 5.91. The zero-order valence-corrected chi connectivity index (χ0v) is 12.3. The topological polar surface area (TPSA) is 47.9 Å². The van der Waals surface area contributed by atoms with Gasteiger partial charge in [0.2, 0.25) is 0 Å². The van der Waals surface area contributed by atoms with Gasteiger partial charge in [0.15, 0.2) is 0 Å². The van der Waals surface area contributed by atoms with Crippen LogP contribution < -0.4 is 0 Å². The summed E-state index contributed by atoms with van der Waals surface area (Å²) >= 11 is 0. The van der Waals surface area contributed by atoms with Crippen molar-refractivity contribution in [2.75, 3.05) is 0 Å². The third kappa shape index (κ3) is 4.37. The van der Waals surface area contributed by atoms with Gasteiger partial charge in [-0.05, 0) is 45.6 Å². The van der Waals surface area contributed by atoms with E-state index in [1.165, 1.54) is 5.56 Å². The average molecular weight is 275 g/mol. The van der Waals surface area contributed by atoms with E-state index >= 15 is 0 Å². The number of hydrogen-bond donors (Lipinski definition) is 0. The molecule has 0 aliphatic heterocycles. The van der Waals surface area contributed by atoms with Crippen molar-refractivity contribution >= 4 is 11.9 Å². The van der Waals surface area contributed by atoms with Crippen LogP contribution in [0.3, 0.4) is 0 Å². The van der Waals surface area contributed by atoms with E-state index in [-0.39, 0.29) is 0 Å². The smallest absolute Gasteiger partial charge is 0.427 e. The van der Waals surface area contributed by atoms with E-state index in [1.807, 2.05) is 18.2 Å². The number of ether oxygens (including phenoxy) is 1. The molecule has 0 N–H and O–H groups in total. The van der Waals surface area contributed by atoms with Gasteiger partial charge in [0.25, 0.3) is 0 Å². The van der Waals surface area contributed by atoms with Crippen LogP contribution in [-0.4, -0.2) is 17.5 Å². The molecule has 1 fully saturated rings. The third-order valence-electron chi connectivity index (χ3n) is 3.17. The van der Waals surface area contributed by atoms with Crippen molar-refractivity contribution in [3.8, 4) is 0 Å². The summed E-state index contributed by atoms with van der Waals surface area (Å²) in [5.74, 6) is 0.375. The maximum atomic E-state index is 11.4. The Morgan fingerprint density at radius 3 is 2.55 bits per heavy atom. The number of nitrogens with zero attached hydrogens (tertiary/aromatic N) is 1. The van der Waals surface area contributed by atoms with Gasteiger partial charge in [0.05, 0.1) is 5.71 Å². The van der Waals surface area contributed by atoms with Gasteiger partial charge in [-0.15, -0.1) is 0 Å². The minimum Gasteiger partial charge on any atom is -0.427 e. The highest BCUT2D eigenvalue weighted by Crippen LogP contribution is 2.28. The monoisotopic (exact) mass is 275 g/mol. The maximum absolute atomic E-state index is 11.4. The van der Waals surface area contributed by atoms with Gasteiger partial charge in [-0.1, -0.05) is 35.5 Å². The van der Waals surface area contributed by atoms with E-state index in [4.69, 9.17) is 9.57 Å². The van der Waals surface area contributed by atoms with Gasteiger partial charge in [0.1, 0.15) is 5.60 Å². The molecule has 108 valence electrons. The van der Waals surface area contributed by atoms with Gasteiger partial charge >= 0.3 is 6.16 Å². The summed E-state index contributed by atoms with van der Waals surface area (Å²) in [6, 6.07) is 10.3. The Labute approximate surface area is 119 Å². The maximum Gasteiger partial charge on any atom is 0.535 e. The largest absolute Gasteiger partial charge is 0.535 e. The quantitative estimate of drug-likeness (QED) is 0.477. The van der Waals surface area contributed by atoms with Crippen LogP contribution in [0, 0.1) is 5.92 Å². The Morgan fingerprint density at radius 2 is 2.00 bits per heavy atom. The van der Waals surface area contributed by atoms with Crippen LogP contribution in [0.1, 0.15) is 39.2 Å². The Kier molecular flexibility index (Phi) is 4.42. The summed E-state index contributed by atoms with van der Waals surface area (Å²) in [5, 5.41) is 3.93. The lowest BCUT2D eigenvalue weighted by Crippen LogP contribution is -2.29. The van der Waals surface area contributed by atoms with Crippen LogP contribution in [0.5, 0.6) is 0 Å². The van der Waals surface area contributed by atoms with Gasteiger partial charge in [-0.3, -0.25) is 4.84 Å². The summed E-state index contributed by atoms with van der Waals surface area (Å²) in [5.41, 5.74) is 1.67. The first kappa shape index (κ1) is 14.6. The van der Waals surface area contributed by atoms with Crippen LogP contribution in [0.25, 0.3) is 0 Å². The van der Waals surface area contributed by atoms with Crippen LogP contribution >= 0.6 is 0 Å². The lowest BCUT2D eigenvalue weighted by atomic mass is 9.79. The van der Waals surface area contributed by atoms with Gasteiger partial charge in [-0.2, -0.15) is 0 Å². The second kappa shape index (κ2) is 6.07. The first-order chi connectivity index (χ1) is 9.44. The molecule has 1 aromatic rings. The predicted octanol–water partition coefficient (Wildman–Crippen LogP) is 3.95. The Morgan fingerprint density at radius 1 is 1.30 bits per heavy atom. The van der Waals surface area contributed by atoms with Crippen molar-refractivity contribution in [3.05, 3.63) is 35.9 Å². The first-order valence-electron chi connectivity index (χ1n) is 6.95. The molecule has 0 radical (unpaired) electrons.